The Balaban J connectivity index is 2.01. The van der Waals surface area contributed by atoms with E-state index in [1.807, 2.05) is 31.2 Å². The Morgan fingerprint density at radius 1 is 1.00 bits per heavy atom. The van der Waals surface area contributed by atoms with Crippen LogP contribution in [0, 0.1) is 6.92 Å². The molecule has 20 heavy (non-hydrogen) atoms. The van der Waals surface area contributed by atoms with Gasteiger partial charge in [-0.3, -0.25) is 4.79 Å². The van der Waals surface area contributed by atoms with Gasteiger partial charge in [0.15, 0.2) is 0 Å². The Labute approximate surface area is 115 Å². The molecule has 0 fully saturated rings. The summed E-state index contributed by atoms with van der Waals surface area (Å²) in [5, 5.41) is 2.10. The zero-order valence-electron chi connectivity index (χ0n) is 10.8. The Morgan fingerprint density at radius 2 is 1.50 bits per heavy atom. The van der Waals surface area contributed by atoms with Gasteiger partial charge in [-0.05, 0) is 43.3 Å². The summed E-state index contributed by atoms with van der Waals surface area (Å²) >= 11 is 0. The summed E-state index contributed by atoms with van der Waals surface area (Å²) in [7, 11) is 0. The third-order valence-corrected chi connectivity index (χ3v) is 2.58. The number of anilines is 1. The molecule has 0 aliphatic heterocycles. The number of ether oxygens (including phenoxy) is 1. The first-order chi connectivity index (χ1) is 9.54. The van der Waals surface area contributed by atoms with Crippen LogP contribution in [-0.2, 0) is 4.79 Å². The molecule has 0 spiro atoms. The first-order valence-corrected chi connectivity index (χ1v) is 5.98. The number of aryl methyl sites for hydroxylation is 1. The SMILES string of the molecule is Cc1ccc(Oc2ccc(NC(=O)C(F)F)cc2)cc1. The number of carbonyl (C=O) groups is 1. The average Bonchev–Trinajstić information content (AvgIpc) is 2.43. The van der Waals surface area contributed by atoms with Crippen LogP contribution >= 0.6 is 0 Å². The fraction of sp³-hybridized carbons (Fsp3) is 0.133. The van der Waals surface area contributed by atoms with Crippen molar-refractivity contribution < 1.29 is 18.3 Å². The maximum atomic E-state index is 12.1. The smallest absolute Gasteiger partial charge is 0.315 e. The number of halogens is 2. The highest BCUT2D eigenvalue weighted by Crippen LogP contribution is 2.23. The van der Waals surface area contributed by atoms with Crippen molar-refractivity contribution in [3.05, 3.63) is 54.1 Å². The van der Waals surface area contributed by atoms with Gasteiger partial charge in [-0.2, -0.15) is 8.78 Å². The third-order valence-electron chi connectivity index (χ3n) is 2.58. The Kier molecular flexibility index (Phi) is 4.30. The number of rotatable bonds is 4. The average molecular weight is 277 g/mol. The van der Waals surface area contributed by atoms with E-state index >= 15 is 0 Å². The van der Waals surface area contributed by atoms with Crippen molar-refractivity contribution in [3.8, 4) is 11.5 Å². The molecule has 2 aromatic rings. The van der Waals surface area contributed by atoms with Crippen LogP contribution in [0.4, 0.5) is 14.5 Å². The summed E-state index contributed by atoms with van der Waals surface area (Å²) in [4.78, 5) is 10.8. The molecule has 2 aromatic carbocycles. The molecule has 0 aliphatic carbocycles. The summed E-state index contributed by atoms with van der Waals surface area (Å²) in [6.45, 7) is 1.98. The van der Waals surface area contributed by atoms with Crippen molar-refractivity contribution >= 4 is 11.6 Å². The van der Waals surface area contributed by atoms with Gasteiger partial charge < -0.3 is 10.1 Å². The minimum absolute atomic E-state index is 0.298. The standard InChI is InChI=1S/C15H13F2NO2/c1-10-2-6-12(7-3-10)20-13-8-4-11(5-9-13)18-15(19)14(16)17/h2-9,14H,1H3,(H,18,19). The van der Waals surface area contributed by atoms with Crippen LogP contribution in [0.5, 0.6) is 11.5 Å². The van der Waals surface area contributed by atoms with E-state index in [-0.39, 0.29) is 0 Å². The summed E-state index contributed by atoms with van der Waals surface area (Å²) in [5.41, 5.74) is 1.42. The molecular formula is C15H13F2NO2. The number of alkyl halides is 2. The monoisotopic (exact) mass is 277 g/mol. The third kappa shape index (κ3) is 3.78. The lowest BCUT2D eigenvalue weighted by atomic mass is 10.2. The lowest BCUT2D eigenvalue weighted by molar-refractivity contribution is -0.126. The predicted molar refractivity (Wildman–Crippen MR) is 72.3 cm³/mol. The van der Waals surface area contributed by atoms with E-state index in [0.717, 1.165) is 5.56 Å². The molecule has 0 saturated heterocycles. The van der Waals surface area contributed by atoms with Crippen LogP contribution in [0.15, 0.2) is 48.5 Å². The summed E-state index contributed by atoms with van der Waals surface area (Å²) < 4.78 is 29.7. The second kappa shape index (κ2) is 6.14. The minimum atomic E-state index is -3.03. The molecule has 0 radical (unpaired) electrons. The van der Waals surface area contributed by atoms with Crippen molar-refractivity contribution in [2.45, 2.75) is 13.3 Å². The molecule has 104 valence electrons. The normalized spacial score (nSPS) is 10.4. The lowest BCUT2D eigenvalue weighted by Gasteiger charge is -2.08. The van der Waals surface area contributed by atoms with Crippen molar-refractivity contribution in [1.82, 2.24) is 0 Å². The van der Waals surface area contributed by atoms with Crippen LogP contribution < -0.4 is 10.1 Å². The maximum absolute atomic E-state index is 12.1. The van der Waals surface area contributed by atoms with E-state index < -0.39 is 12.3 Å². The van der Waals surface area contributed by atoms with Gasteiger partial charge in [0.05, 0.1) is 0 Å². The fourth-order valence-corrected chi connectivity index (χ4v) is 1.55. The largest absolute Gasteiger partial charge is 0.457 e. The number of hydrogen-bond donors (Lipinski definition) is 1. The Morgan fingerprint density at radius 3 is 2.00 bits per heavy atom. The van der Waals surface area contributed by atoms with Crippen molar-refractivity contribution in [2.24, 2.45) is 0 Å². The molecule has 1 N–H and O–H groups in total. The van der Waals surface area contributed by atoms with Gasteiger partial charge in [-0.1, -0.05) is 17.7 Å². The number of amides is 1. The van der Waals surface area contributed by atoms with E-state index in [2.05, 4.69) is 5.32 Å². The second-order valence-corrected chi connectivity index (χ2v) is 4.23. The van der Waals surface area contributed by atoms with Crippen molar-refractivity contribution in [2.75, 3.05) is 5.32 Å². The van der Waals surface area contributed by atoms with Crippen LogP contribution in [0.1, 0.15) is 5.56 Å². The highest BCUT2D eigenvalue weighted by atomic mass is 19.3. The summed E-state index contributed by atoms with van der Waals surface area (Å²) in [5.74, 6) is -0.0823. The van der Waals surface area contributed by atoms with Crippen molar-refractivity contribution in [1.29, 1.82) is 0 Å². The molecule has 0 heterocycles. The molecule has 0 aromatic heterocycles. The number of nitrogens with one attached hydrogen (secondary N) is 1. The summed E-state index contributed by atoms with van der Waals surface area (Å²) in [6, 6.07) is 13.7. The van der Waals surface area contributed by atoms with E-state index in [4.69, 9.17) is 4.74 Å². The Hall–Kier alpha value is -2.43. The van der Waals surface area contributed by atoms with Gasteiger partial charge in [0.2, 0.25) is 0 Å². The molecule has 0 bridgehead atoms. The van der Waals surface area contributed by atoms with Gasteiger partial charge in [-0.25, -0.2) is 0 Å². The number of hydrogen-bond acceptors (Lipinski definition) is 2. The Bertz CT molecular complexity index is 580. The lowest BCUT2D eigenvalue weighted by Crippen LogP contribution is -2.19. The molecule has 3 nitrogen and oxygen atoms in total. The molecule has 0 saturated carbocycles. The van der Waals surface area contributed by atoms with Crippen LogP contribution in [0.2, 0.25) is 0 Å². The quantitative estimate of drug-likeness (QED) is 0.917. The zero-order valence-corrected chi connectivity index (χ0v) is 10.8. The first kappa shape index (κ1) is 14.0. The predicted octanol–water partition coefficient (Wildman–Crippen LogP) is 3.99. The zero-order chi connectivity index (χ0) is 14.5. The molecular weight excluding hydrogens is 264 g/mol. The first-order valence-electron chi connectivity index (χ1n) is 5.98. The van der Waals surface area contributed by atoms with Gasteiger partial charge in [0.1, 0.15) is 11.5 Å². The highest BCUT2D eigenvalue weighted by molar-refractivity contribution is 5.93. The van der Waals surface area contributed by atoms with Gasteiger partial charge in [-0.15, -0.1) is 0 Å². The van der Waals surface area contributed by atoms with Gasteiger partial charge in [0.25, 0.3) is 5.91 Å². The molecule has 1 amide bonds. The van der Waals surface area contributed by atoms with Crippen LogP contribution in [0.25, 0.3) is 0 Å². The van der Waals surface area contributed by atoms with E-state index in [9.17, 15) is 13.6 Å². The topological polar surface area (TPSA) is 38.3 Å². The molecule has 0 unspecified atom stereocenters. The minimum Gasteiger partial charge on any atom is -0.457 e. The van der Waals surface area contributed by atoms with Gasteiger partial charge in [0, 0.05) is 5.69 Å². The van der Waals surface area contributed by atoms with E-state index in [0.29, 0.717) is 17.2 Å². The second-order valence-electron chi connectivity index (χ2n) is 4.23. The molecule has 2 rings (SSSR count). The highest BCUT2D eigenvalue weighted by Gasteiger charge is 2.14. The molecule has 0 aliphatic rings. The van der Waals surface area contributed by atoms with Gasteiger partial charge >= 0.3 is 6.43 Å². The van der Waals surface area contributed by atoms with Crippen LogP contribution in [0.3, 0.4) is 0 Å². The maximum Gasteiger partial charge on any atom is 0.315 e. The fourth-order valence-electron chi connectivity index (χ4n) is 1.55. The number of carbonyl (C=O) groups excluding carboxylic acids is 1. The molecule has 0 atom stereocenters. The van der Waals surface area contributed by atoms with E-state index in [1.165, 1.54) is 12.1 Å². The van der Waals surface area contributed by atoms with E-state index in [1.54, 1.807) is 12.1 Å². The summed E-state index contributed by atoms with van der Waals surface area (Å²) in [6.07, 6.45) is -3.03. The van der Waals surface area contributed by atoms with Crippen LogP contribution in [-0.4, -0.2) is 12.3 Å². The number of benzene rings is 2. The van der Waals surface area contributed by atoms with Crippen molar-refractivity contribution in [3.63, 3.8) is 0 Å². The molecule has 5 heteroatoms.